The molecule has 1 rings (SSSR count). The second kappa shape index (κ2) is 6.45. The van der Waals surface area contributed by atoms with Crippen LogP contribution in [0.5, 0.6) is 0 Å². The molecule has 0 aromatic carbocycles. The standard InChI is InChI=1S/C14H15FN2O/c1-4-6-13(15)12(9-11(5-2)10-16)14-17(3)7-8-18-14/h4-9,14H,1H2,2-3H3/b11-5+,12-9+,13-6-/t14-/m0/s1. The number of hydrogen-bond donors (Lipinski definition) is 0. The molecule has 0 bridgehead atoms. The van der Waals surface area contributed by atoms with Gasteiger partial charge in [-0.3, -0.25) is 0 Å². The van der Waals surface area contributed by atoms with Gasteiger partial charge in [0.05, 0.1) is 11.6 Å². The lowest BCUT2D eigenvalue weighted by Gasteiger charge is -2.21. The van der Waals surface area contributed by atoms with Crippen molar-refractivity contribution in [2.45, 2.75) is 13.2 Å². The SMILES string of the molecule is C=C/C=C(F)/C(=C\C(C#N)=C/C)[C@@H]1OC=CN1C. The van der Waals surface area contributed by atoms with E-state index in [-0.39, 0.29) is 5.57 Å². The molecule has 1 aliphatic rings. The zero-order chi connectivity index (χ0) is 13.5. The van der Waals surface area contributed by atoms with Gasteiger partial charge in [-0.2, -0.15) is 5.26 Å². The minimum Gasteiger partial charge on any atom is -0.472 e. The molecule has 0 N–H and O–H groups in total. The van der Waals surface area contributed by atoms with E-state index in [0.29, 0.717) is 5.57 Å². The summed E-state index contributed by atoms with van der Waals surface area (Å²) in [6.07, 6.45) is 8.30. The normalized spacial score (nSPS) is 20.7. The second-order valence-electron chi connectivity index (χ2n) is 3.64. The monoisotopic (exact) mass is 246 g/mol. The molecule has 0 amide bonds. The lowest BCUT2D eigenvalue weighted by atomic mass is 10.1. The van der Waals surface area contributed by atoms with E-state index in [0.717, 1.165) is 0 Å². The summed E-state index contributed by atoms with van der Waals surface area (Å²) in [6, 6.07) is 1.99. The number of likely N-dealkylation sites (N-methyl/N-ethyl adjacent to an activating group) is 1. The van der Waals surface area contributed by atoms with Crippen molar-refractivity contribution in [2.75, 3.05) is 7.05 Å². The van der Waals surface area contributed by atoms with Crippen molar-refractivity contribution in [1.82, 2.24) is 4.90 Å². The number of nitriles is 1. The van der Waals surface area contributed by atoms with E-state index in [1.165, 1.54) is 24.5 Å². The third kappa shape index (κ3) is 3.11. The van der Waals surface area contributed by atoms with Crippen molar-refractivity contribution in [3.63, 3.8) is 0 Å². The van der Waals surface area contributed by atoms with Crippen molar-refractivity contribution < 1.29 is 9.13 Å². The van der Waals surface area contributed by atoms with Crippen LogP contribution in [-0.4, -0.2) is 18.2 Å². The van der Waals surface area contributed by atoms with Crippen LogP contribution in [0.3, 0.4) is 0 Å². The zero-order valence-corrected chi connectivity index (χ0v) is 10.4. The summed E-state index contributed by atoms with van der Waals surface area (Å²) in [5, 5.41) is 8.90. The van der Waals surface area contributed by atoms with Gasteiger partial charge in [-0.1, -0.05) is 18.7 Å². The Morgan fingerprint density at radius 3 is 2.78 bits per heavy atom. The molecule has 0 aromatic rings. The van der Waals surface area contributed by atoms with Gasteiger partial charge in [0.2, 0.25) is 0 Å². The highest BCUT2D eigenvalue weighted by molar-refractivity contribution is 5.43. The Morgan fingerprint density at radius 1 is 1.61 bits per heavy atom. The minimum atomic E-state index is -0.565. The first kappa shape index (κ1) is 13.8. The van der Waals surface area contributed by atoms with Gasteiger partial charge in [-0.05, 0) is 19.1 Å². The third-order valence-corrected chi connectivity index (χ3v) is 2.43. The average Bonchev–Trinajstić information content (AvgIpc) is 2.77. The summed E-state index contributed by atoms with van der Waals surface area (Å²) in [7, 11) is 1.77. The minimum absolute atomic E-state index is 0.289. The second-order valence-corrected chi connectivity index (χ2v) is 3.64. The fraction of sp³-hybridized carbons (Fsp3) is 0.214. The third-order valence-electron chi connectivity index (χ3n) is 2.43. The number of hydrogen-bond acceptors (Lipinski definition) is 3. The molecule has 1 aliphatic heterocycles. The maximum Gasteiger partial charge on any atom is 0.200 e. The fourth-order valence-electron chi connectivity index (χ4n) is 1.48. The number of ether oxygens (including phenoxy) is 1. The van der Waals surface area contributed by atoms with Crippen LogP contribution in [0.2, 0.25) is 0 Å². The Balaban J connectivity index is 3.15. The van der Waals surface area contributed by atoms with Crippen LogP contribution in [0, 0.1) is 11.3 Å². The van der Waals surface area contributed by atoms with E-state index in [4.69, 9.17) is 10.00 Å². The largest absolute Gasteiger partial charge is 0.472 e. The zero-order valence-electron chi connectivity index (χ0n) is 10.4. The number of allylic oxidation sites excluding steroid dienone is 5. The molecular weight excluding hydrogens is 231 g/mol. The number of halogens is 1. The summed E-state index contributed by atoms with van der Waals surface area (Å²) in [5.41, 5.74) is 0.665. The molecule has 0 saturated carbocycles. The van der Waals surface area contributed by atoms with Crippen LogP contribution in [0.25, 0.3) is 0 Å². The number of rotatable bonds is 4. The van der Waals surface area contributed by atoms with Crippen LogP contribution in [0.15, 0.2) is 60.3 Å². The molecule has 0 aromatic heterocycles. The van der Waals surface area contributed by atoms with E-state index in [1.807, 2.05) is 6.07 Å². The highest BCUT2D eigenvalue weighted by atomic mass is 19.1. The van der Waals surface area contributed by atoms with Crippen molar-refractivity contribution >= 4 is 0 Å². The van der Waals surface area contributed by atoms with Gasteiger partial charge in [0.15, 0.2) is 6.23 Å². The van der Waals surface area contributed by atoms with E-state index in [9.17, 15) is 4.39 Å². The Kier molecular flexibility index (Phi) is 4.94. The Hall–Kier alpha value is -2.28. The molecule has 0 radical (unpaired) electrons. The Bertz CT molecular complexity index is 481. The highest BCUT2D eigenvalue weighted by Gasteiger charge is 2.25. The lowest BCUT2D eigenvalue weighted by Crippen LogP contribution is -2.26. The summed E-state index contributed by atoms with van der Waals surface area (Å²) < 4.78 is 19.3. The first-order valence-corrected chi connectivity index (χ1v) is 5.44. The molecule has 0 aliphatic carbocycles. The Morgan fingerprint density at radius 2 is 2.33 bits per heavy atom. The van der Waals surface area contributed by atoms with Gasteiger partial charge in [0.25, 0.3) is 0 Å². The topological polar surface area (TPSA) is 36.3 Å². The maximum absolute atomic E-state index is 14.0. The van der Waals surface area contributed by atoms with Gasteiger partial charge < -0.3 is 9.64 Å². The Labute approximate surface area is 106 Å². The molecule has 3 nitrogen and oxygen atoms in total. The quantitative estimate of drug-likeness (QED) is 0.564. The number of nitrogens with zero attached hydrogens (tertiary/aromatic N) is 2. The lowest BCUT2D eigenvalue weighted by molar-refractivity contribution is 0.105. The molecule has 0 saturated heterocycles. The molecule has 1 atom stereocenters. The average molecular weight is 246 g/mol. The summed E-state index contributed by atoms with van der Waals surface area (Å²) in [6.45, 7) is 5.18. The van der Waals surface area contributed by atoms with Crippen LogP contribution in [0.1, 0.15) is 6.92 Å². The molecular formula is C14H15FN2O. The van der Waals surface area contributed by atoms with E-state index in [2.05, 4.69) is 6.58 Å². The summed E-state index contributed by atoms with van der Waals surface area (Å²) in [4.78, 5) is 1.72. The predicted molar refractivity (Wildman–Crippen MR) is 68.6 cm³/mol. The molecule has 0 spiro atoms. The van der Waals surface area contributed by atoms with Gasteiger partial charge in [-0.25, -0.2) is 4.39 Å². The van der Waals surface area contributed by atoms with Gasteiger partial charge in [-0.15, -0.1) is 0 Å². The smallest absolute Gasteiger partial charge is 0.200 e. The first-order chi connectivity index (χ1) is 8.63. The molecule has 1 heterocycles. The van der Waals surface area contributed by atoms with Crippen LogP contribution in [-0.2, 0) is 4.74 Å². The fourth-order valence-corrected chi connectivity index (χ4v) is 1.48. The van der Waals surface area contributed by atoms with E-state index >= 15 is 0 Å². The summed E-state index contributed by atoms with van der Waals surface area (Å²) >= 11 is 0. The molecule has 0 fully saturated rings. The van der Waals surface area contributed by atoms with Crippen molar-refractivity contribution in [3.05, 3.63) is 60.3 Å². The molecule has 0 unspecified atom stereocenters. The van der Waals surface area contributed by atoms with Crippen LogP contribution < -0.4 is 0 Å². The van der Waals surface area contributed by atoms with Crippen molar-refractivity contribution in [2.24, 2.45) is 0 Å². The highest BCUT2D eigenvalue weighted by Crippen LogP contribution is 2.25. The maximum atomic E-state index is 14.0. The van der Waals surface area contributed by atoms with Crippen molar-refractivity contribution in [3.8, 4) is 6.07 Å². The van der Waals surface area contributed by atoms with Gasteiger partial charge >= 0.3 is 0 Å². The van der Waals surface area contributed by atoms with Crippen molar-refractivity contribution in [1.29, 1.82) is 5.26 Å². The molecule has 94 valence electrons. The van der Waals surface area contributed by atoms with Crippen LogP contribution >= 0.6 is 0 Å². The predicted octanol–water partition coefficient (Wildman–Crippen LogP) is 3.18. The van der Waals surface area contributed by atoms with E-state index in [1.54, 1.807) is 31.1 Å². The van der Waals surface area contributed by atoms with Gasteiger partial charge in [0.1, 0.15) is 12.1 Å². The van der Waals surface area contributed by atoms with Gasteiger partial charge in [0, 0.05) is 18.8 Å². The van der Waals surface area contributed by atoms with Crippen LogP contribution in [0.4, 0.5) is 4.39 Å². The van der Waals surface area contributed by atoms with E-state index < -0.39 is 12.1 Å². The first-order valence-electron chi connectivity index (χ1n) is 5.44. The summed E-state index contributed by atoms with van der Waals surface area (Å²) in [5.74, 6) is -0.472. The molecule has 4 heteroatoms. The molecule has 18 heavy (non-hydrogen) atoms.